The fourth-order valence-corrected chi connectivity index (χ4v) is 2.67. The Hall–Kier alpha value is -2.04. The molecule has 5 heteroatoms. The maximum atomic E-state index is 11.7. The molecule has 0 fully saturated rings. The molecular formula is C18H27NO4. The van der Waals surface area contributed by atoms with Gasteiger partial charge >= 0.3 is 12.1 Å². The number of nitrogens with zero attached hydrogens (tertiary/aromatic N) is 1. The molecule has 5 nitrogen and oxygen atoms in total. The Morgan fingerprint density at radius 3 is 2.13 bits per heavy atom. The van der Waals surface area contributed by atoms with E-state index in [1.807, 2.05) is 39.8 Å². The molecule has 0 saturated heterocycles. The van der Waals surface area contributed by atoms with E-state index >= 15 is 0 Å². The molecule has 23 heavy (non-hydrogen) atoms. The van der Waals surface area contributed by atoms with Crippen molar-refractivity contribution >= 4 is 12.1 Å². The van der Waals surface area contributed by atoms with E-state index in [0.29, 0.717) is 18.6 Å². The van der Waals surface area contributed by atoms with Crippen LogP contribution in [0.15, 0.2) is 24.3 Å². The summed E-state index contributed by atoms with van der Waals surface area (Å²) in [6.07, 6.45) is 0.430. The molecule has 1 rings (SSSR count). The largest absolute Gasteiger partial charge is 0.465 e. The fourth-order valence-electron chi connectivity index (χ4n) is 2.67. The van der Waals surface area contributed by atoms with Crippen molar-refractivity contribution in [2.75, 3.05) is 6.61 Å². The van der Waals surface area contributed by atoms with Gasteiger partial charge in [-0.15, -0.1) is 0 Å². The van der Waals surface area contributed by atoms with Crippen LogP contribution < -0.4 is 0 Å². The smallest absolute Gasteiger partial charge is 0.407 e. The topological polar surface area (TPSA) is 66.8 Å². The summed E-state index contributed by atoms with van der Waals surface area (Å²) in [7, 11) is 0. The van der Waals surface area contributed by atoms with Crippen LogP contribution in [0.1, 0.15) is 57.0 Å². The second-order valence-electron chi connectivity index (χ2n) is 6.51. The van der Waals surface area contributed by atoms with Gasteiger partial charge in [-0.05, 0) is 58.2 Å². The van der Waals surface area contributed by atoms with Crippen LogP contribution in [0.3, 0.4) is 0 Å². The van der Waals surface area contributed by atoms with Crippen LogP contribution in [0.5, 0.6) is 0 Å². The van der Waals surface area contributed by atoms with Gasteiger partial charge in [0.05, 0.1) is 12.2 Å². The molecule has 0 spiro atoms. The summed E-state index contributed by atoms with van der Waals surface area (Å²) in [5.74, 6) is -0.340. The van der Waals surface area contributed by atoms with E-state index in [4.69, 9.17) is 4.74 Å². The summed E-state index contributed by atoms with van der Waals surface area (Å²) < 4.78 is 4.96. The third-order valence-electron chi connectivity index (χ3n) is 3.70. The van der Waals surface area contributed by atoms with Crippen LogP contribution in [-0.4, -0.2) is 40.3 Å². The van der Waals surface area contributed by atoms with E-state index < -0.39 is 11.6 Å². The van der Waals surface area contributed by atoms with Crippen molar-refractivity contribution in [3.05, 3.63) is 35.4 Å². The summed E-state index contributed by atoms with van der Waals surface area (Å²) in [5, 5.41) is 9.53. The molecule has 1 amide bonds. The Balaban J connectivity index is 2.91. The van der Waals surface area contributed by atoms with Crippen LogP contribution in [0.2, 0.25) is 0 Å². The highest BCUT2D eigenvalue weighted by atomic mass is 16.5. The first-order valence-corrected chi connectivity index (χ1v) is 7.99. The highest BCUT2D eigenvalue weighted by Gasteiger charge is 2.32. The number of carboxylic acid groups (broad SMARTS) is 1. The molecule has 0 radical (unpaired) electrons. The number of esters is 1. The molecule has 0 aliphatic rings. The summed E-state index contributed by atoms with van der Waals surface area (Å²) >= 11 is 0. The zero-order valence-corrected chi connectivity index (χ0v) is 14.6. The minimum atomic E-state index is -0.910. The third kappa shape index (κ3) is 5.27. The summed E-state index contributed by atoms with van der Waals surface area (Å²) in [6.45, 7) is 9.79. The van der Waals surface area contributed by atoms with Gasteiger partial charge in [0, 0.05) is 11.6 Å². The average Bonchev–Trinajstić information content (AvgIpc) is 2.45. The standard InChI is InChI=1S/C18H27NO4/c1-6-15(19(17(21)22)18(3,4)5)12-13-8-10-14(11-9-13)16(20)23-7-2/h8-11,15H,6-7,12H2,1-5H3,(H,21,22)/t15-/m1/s1. The van der Waals surface area contributed by atoms with E-state index in [1.54, 1.807) is 19.1 Å². The third-order valence-corrected chi connectivity index (χ3v) is 3.70. The molecule has 1 aromatic rings. The molecule has 1 aromatic carbocycles. The minimum absolute atomic E-state index is 0.110. The molecule has 0 unspecified atom stereocenters. The highest BCUT2D eigenvalue weighted by Crippen LogP contribution is 2.22. The van der Waals surface area contributed by atoms with Gasteiger partial charge < -0.3 is 14.7 Å². The molecule has 0 saturated carbocycles. The summed E-state index contributed by atoms with van der Waals surface area (Å²) in [6, 6.07) is 7.06. The van der Waals surface area contributed by atoms with Gasteiger partial charge in [-0.25, -0.2) is 9.59 Å². The van der Waals surface area contributed by atoms with Crippen LogP contribution in [-0.2, 0) is 11.2 Å². The molecule has 0 aliphatic carbocycles. The van der Waals surface area contributed by atoms with Gasteiger partial charge in [-0.2, -0.15) is 0 Å². The van der Waals surface area contributed by atoms with Crippen LogP contribution in [0.4, 0.5) is 4.79 Å². The number of benzene rings is 1. The van der Waals surface area contributed by atoms with Gasteiger partial charge in [0.25, 0.3) is 0 Å². The Bertz CT molecular complexity index is 531. The Morgan fingerprint density at radius 2 is 1.74 bits per heavy atom. The monoisotopic (exact) mass is 321 g/mol. The molecule has 0 heterocycles. The quantitative estimate of drug-likeness (QED) is 0.805. The molecule has 1 N–H and O–H groups in total. The van der Waals surface area contributed by atoms with E-state index in [0.717, 1.165) is 12.0 Å². The SMILES string of the molecule is CCOC(=O)c1ccc(C[C@@H](CC)N(C(=O)O)C(C)(C)C)cc1. The number of amides is 1. The highest BCUT2D eigenvalue weighted by molar-refractivity contribution is 5.89. The van der Waals surface area contributed by atoms with Gasteiger partial charge in [0.1, 0.15) is 0 Å². The Kier molecular flexibility index (Phi) is 6.61. The van der Waals surface area contributed by atoms with Gasteiger partial charge in [-0.3, -0.25) is 0 Å². The molecule has 0 aliphatic heterocycles. The Morgan fingerprint density at radius 1 is 1.17 bits per heavy atom. The van der Waals surface area contributed by atoms with Crippen molar-refractivity contribution in [1.29, 1.82) is 0 Å². The van der Waals surface area contributed by atoms with E-state index in [-0.39, 0.29) is 12.0 Å². The summed E-state index contributed by atoms with van der Waals surface area (Å²) in [5.41, 5.74) is 1.05. The average molecular weight is 321 g/mol. The number of rotatable bonds is 6. The Labute approximate surface area is 138 Å². The van der Waals surface area contributed by atoms with Crippen molar-refractivity contribution in [3.8, 4) is 0 Å². The number of hydrogen-bond acceptors (Lipinski definition) is 3. The zero-order chi connectivity index (χ0) is 17.6. The van der Waals surface area contributed by atoms with E-state index in [2.05, 4.69) is 0 Å². The van der Waals surface area contributed by atoms with Gasteiger partial charge in [0.15, 0.2) is 0 Å². The zero-order valence-electron chi connectivity index (χ0n) is 14.6. The van der Waals surface area contributed by atoms with E-state index in [9.17, 15) is 14.7 Å². The van der Waals surface area contributed by atoms with Crippen LogP contribution in [0, 0.1) is 0 Å². The number of carbonyl (C=O) groups is 2. The molecule has 1 atom stereocenters. The number of hydrogen-bond donors (Lipinski definition) is 1. The van der Waals surface area contributed by atoms with Crippen LogP contribution in [0.25, 0.3) is 0 Å². The normalized spacial score (nSPS) is 12.6. The lowest BCUT2D eigenvalue weighted by Gasteiger charge is -2.39. The first-order chi connectivity index (χ1) is 10.7. The predicted molar refractivity (Wildman–Crippen MR) is 89.8 cm³/mol. The molecule has 0 aromatic heterocycles. The number of carbonyl (C=O) groups excluding carboxylic acids is 1. The van der Waals surface area contributed by atoms with Gasteiger partial charge in [-0.1, -0.05) is 19.1 Å². The lowest BCUT2D eigenvalue weighted by Crippen LogP contribution is -2.51. The van der Waals surface area contributed by atoms with Crippen molar-refractivity contribution in [2.45, 2.75) is 59.0 Å². The van der Waals surface area contributed by atoms with Crippen molar-refractivity contribution < 1.29 is 19.4 Å². The predicted octanol–water partition coefficient (Wildman–Crippen LogP) is 3.96. The van der Waals surface area contributed by atoms with E-state index in [1.165, 1.54) is 4.90 Å². The van der Waals surface area contributed by atoms with Crippen LogP contribution >= 0.6 is 0 Å². The maximum absolute atomic E-state index is 11.7. The number of ether oxygens (including phenoxy) is 1. The lowest BCUT2D eigenvalue weighted by atomic mass is 9.96. The summed E-state index contributed by atoms with van der Waals surface area (Å²) in [4.78, 5) is 24.8. The maximum Gasteiger partial charge on any atom is 0.407 e. The molecular weight excluding hydrogens is 294 g/mol. The lowest BCUT2D eigenvalue weighted by molar-refractivity contribution is 0.0526. The van der Waals surface area contributed by atoms with Gasteiger partial charge in [0.2, 0.25) is 0 Å². The first kappa shape index (κ1) is 19.0. The van der Waals surface area contributed by atoms with Crippen molar-refractivity contribution in [3.63, 3.8) is 0 Å². The first-order valence-electron chi connectivity index (χ1n) is 7.99. The minimum Gasteiger partial charge on any atom is -0.465 e. The second-order valence-corrected chi connectivity index (χ2v) is 6.51. The molecule has 0 bridgehead atoms. The second kappa shape index (κ2) is 7.99. The fraction of sp³-hybridized carbons (Fsp3) is 0.556. The molecule has 128 valence electrons. The van der Waals surface area contributed by atoms with Crippen molar-refractivity contribution in [1.82, 2.24) is 4.90 Å². The van der Waals surface area contributed by atoms with Crippen molar-refractivity contribution in [2.24, 2.45) is 0 Å².